The van der Waals surface area contributed by atoms with Crippen molar-refractivity contribution in [1.82, 2.24) is 4.90 Å². The molecule has 2 aromatic carbocycles. The lowest BCUT2D eigenvalue weighted by molar-refractivity contribution is -0.123. The Bertz CT molecular complexity index is 830. The molecule has 2 aliphatic rings. The number of rotatable bonds is 5. The second-order valence-corrected chi connectivity index (χ2v) is 7.07. The average molecular weight is 379 g/mol. The van der Waals surface area contributed by atoms with Gasteiger partial charge in [0, 0.05) is 31.9 Å². The summed E-state index contributed by atoms with van der Waals surface area (Å²) in [6, 6.07) is 17.1. The highest BCUT2D eigenvalue weighted by Crippen LogP contribution is 2.28. The maximum Gasteiger partial charge on any atom is 0.251 e. The molecule has 2 fully saturated rings. The largest absolute Gasteiger partial charge is 0.494 e. The number of anilines is 2. The Morgan fingerprint density at radius 1 is 0.893 bits per heavy atom. The first-order chi connectivity index (χ1) is 13.7. The van der Waals surface area contributed by atoms with E-state index in [9.17, 15) is 9.59 Å². The monoisotopic (exact) mass is 379 g/mol. The number of ether oxygens (including phenoxy) is 1. The third kappa shape index (κ3) is 3.60. The van der Waals surface area contributed by atoms with E-state index in [-0.39, 0.29) is 24.3 Å². The Hall–Kier alpha value is -2.86. The molecular formula is C22H25N3O3. The predicted molar refractivity (Wildman–Crippen MR) is 109 cm³/mol. The summed E-state index contributed by atoms with van der Waals surface area (Å²) in [4.78, 5) is 31.4. The quantitative estimate of drug-likeness (QED) is 0.748. The number of amides is 2. The van der Waals surface area contributed by atoms with Crippen LogP contribution in [-0.4, -0.2) is 55.5 Å². The number of carbonyl (C=O) groups excluding carboxylic acids is 2. The fourth-order valence-corrected chi connectivity index (χ4v) is 3.96. The highest BCUT2D eigenvalue weighted by molar-refractivity contribution is 6.22. The van der Waals surface area contributed by atoms with Gasteiger partial charge < -0.3 is 9.64 Å². The van der Waals surface area contributed by atoms with Crippen LogP contribution >= 0.6 is 0 Å². The van der Waals surface area contributed by atoms with E-state index in [1.165, 1.54) is 10.6 Å². The van der Waals surface area contributed by atoms with Crippen LogP contribution < -0.4 is 14.5 Å². The summed E-state index contributed by atoms with van der Waals surface area (Å²) in [6.07, 6.45) is 0.247. The Balaban J connectivity index is 1.41. The molecule has 1 atom stereocenters. The van der Waals surface area contributed by atoms with E-state index in [2.05, 4.69) is 21.9 Å². The molecule has 2 aromatic rings. The molecule has 0 spiro atoms. The number of nitrogens with zero attached hydrogens (tertiary/aromatic N) is 3. The van der Waals surface area contributed by atoms with Crippen molar-refractivity contribution in [3.05, 3.63) is 54.6 Å². The van der Waals surface area contributed by atoms with Crippen molar-refractivity contribution in [3.63, 3.8) is 0 Å². The molecule has 0 N–H and O–H groups in total. The normalized spacial score (nSPS) is 20.7. The summed E-state index contributed by atoms with van der Waals surface area (Å²) in [5.74, 6) is 0.478. The Morgan fingerprint density at radius 3 is 2.21 bits per heavy atom. The molecule has 2 aliphatic heterocycles. The minimum absolute atomic E-state index is 0.123. The third-order valence-corrected chi connectivity index (χ3v) is 5.41. The fourth-order valence-electron chi connectivity index (χ4n) is 3.96. The van der Waals surface area contributed by atoms with E-state index in [0.717, 1.165) is 31.9 Å². The SMILES string of the molecule is CCOc1ccc(N2C(=O)C[C@@H](N3CCN(c4ccccc4)CC3)C2=O)cc1. The van der Waals surface area contributed by atoms with E-state index in [1.54, 1.807) is 24.3 Å². The van der Waals surface area contributed by atoms with Crippen LogP contribution in [-0.2, 0) is 9.59 Å². The zero-order valence-corrected chi connectivity index (χ0v) is 16.1. The summed E-state index contributed by atoms with van der Waals surface area (Å²) < 4.78 is 5.44. The number of carbonyl (C=O) groups is 2. The van der Waals surface area contributed by atoms with Crippen LogP contribution in [0.1, 0.15) is 13.3 Å². The molecule has 0 saturated carbocycles. The topological polar surface area (TPSA) is 53.1 Å². The molecule has 2 heterocycles. The molecule has 0 aromatic heterocycles. The zero-order valence-electron chi connectivity index (χ0n) is 16.1. The van der Waals surface area contributed by atoms with Crippen LogP contribution in [0, 0.1) is 0 Å². The molecule has 0 unspecified atom stereocenters. The number of piperazine rings is 1. The van der Waals surface area contributed by atoms with Crippen molar-refractivity contribution in [2.75, 3.05) is 42.6 Å². The maximum absolute atomic E-state index is 13.0. The van der Waals surface area contributed by atoms with Crippen LogP contribution in [0.3, 0.4) is 0 Å². The van der Waals surface area contributed by atoms with Gasteiger partial charge >= 0.3 is 0 Å². The Labute approximate surface area is 165 Å². The number of imide groups is 1. The number of hydrogen-bond donors (Lipinski definition) is 0. The first-order valence-electron chi connectivity index (χ1n) is 9.81. The maximum atomic E-state index is 13.0. The predicted octanol–water partition coefficient (Wildman–Crippen LogP) is 2.54. The van der Waals surface area contributed by atoms with Gasteiger partial charge in [0.15, 0.2) is 0 Å². The van der Waals surface area contributed by atoms with Gasteiger partial charge in [-0.3, -0.25) is 14.5 Å². The van der Waals surface area contributed by atoms with E-state index in [4.69, 9.17) is 4.74 Å². The molecule has 2 saturated heterocycles. The first-order valence-corrected chi connectivity index (χ1v) is 9.81. The lowest BCUT2D eigenvalue weighted by Gasteiger charge is -2.38. The van der Waals surface area contributed by atoms with E-state index in [0.29, 0.717) is 12.3 Å². The summed E-state index contributed by atoms with van der Waals surface area (Å²) in [7, 11) is 0. The lowest BCUT2D eigenvalue weighted by Crippen LogP contribution is -2.52. The molecule has 146 valence electrons. The van der Waals surface area contributed by atoms with Gasteiger partial charge in [-0.25, -0.2) is 4.90 Å². The van der Waals surface area contributed by atoms with E-state index < -0.39 is 0 Å². The lowest BCUT2D eigenvalue weighted by atomic mass is 10.1. The molecule has 0 aliphatic carbocycles. The van der Waals surface area contributed by atoms with Gasteiger partial charge in [0.05, 0.1) is 24.8 Å². The number of hydrogen-bond acceptors (Lipinski definition) is 5. The average Bonchev–Trinajstić information content (AvgIpc) is 3.04. The van der Waals surface area contributed by atoms with E-state index in [1.807, 2.05) is 25.1 Å². The molecule has 0 bridgehead atoms. The third-order valence-electron chi connectivity index (χ3n) is 5.41. The highest BCUT2D eigenvalue weighted by Gasteiger charge is 2.43. The second kappa shape index (κ2) is 8.02. The van der Waals surface area contributed by atoms with Gasteiger partial charge in [0.25, 0.3) is 5.91 Å². The van der Waals surface area contributed by atoms with Crippen molar-refractivity contribution in [3.8, 4) is 5.75 Å². The van der Waals surface area contributed by atoms with E-state index >= 15 is 0 Å². The molecular weight excluding hydrogens is 354 g/mol. The Kier molecular flexibility index (Phi) is 5.30. The number of para-hydroxylation sites is 1. The summed E-state index contributed by atoms with van der Waals surface area (Å²) in [5.41, 5.74) is 1.82. The molecule has 0 radical (unpaired) electrons. The number of benzene rings is 2. The molecule has 28 heavy (non-hydrogen) atoms. The Morgan fingerprint density at radius 2 is 1.57 bits per heavy atom. The van der Waals surface area contributed by atoms with Crippen molar-refractivity contribution >= 4 is 23.2 Å². The van der Waals surface area contributed by atoms with Gasteiger partial charge in [-0.15, -0.1) is 0 Å². The minimum atomic E-state index is -0.364. The van der Waals surface area contributed by atoms with Gasteiger partial charge in [-0.05, 0) is 43.3 Å². The minimum Gasteiger partial charge on any atom is -0.494 e. The van der Waals surface area contributed by atoms with Gasteiger partial charge in [0.2, 0.25) is 5.91 Å². The van der Waals surface area contributed by atoms with Gasteiger partial charge in [-0.1, -0.05) is 18.2 Å². The van der Waals surface area contributed by atoms with Gasteiger partial charge in [0.1, 0.15) is 5.75 Å². The van der Waals surface area contributed by atoms with Gasteiger partial charge in [-0.2, -0.15) is 0 Å². The van der Waals surface area contributed by atoms with Crippen LogP contribution in [0.15, 0.2) is 54.6 Å². The second-order valence-electron chi connectivity index (χ2n) is 7.07. The van der Waals surface area contributed by atoms with Crippen molar-refractivity contribution in [2.45, 2.75) is 19.4 Å². The smallest absolute Gasteiger partial charge is 0.251 e. The van der Waals surface area contributed by atoms with Crippen LogP contribution in [0.2, 0.25) is 0 Å². The molecule has 4 rings (SSSR count). The van der Waals surface area contributed by atoms with Crippen molar-refractivity contribution in [2.24, 2.45) is 0 Å². The molecule has 2 amide bonds. The van der Waals surface area contributed by atoms with Crippen LogP contribution in [0.25, 0.3) is 0 Å². The van der Waals surface area contributed by atoms with Crippen LogP contribution in [0.4, 0.5) is 11.4 Å². The zero-order chi connectivity index (χ0) is 19.5. The highest BCUT2D eigenvalue weighted by atomic mass is 16.5. The molecule has 6 nitrogen and oxygen atoms in total. The molecule has 6 heteroatoms. The standard InChI is InChI=1S/C22H25N3O3/c1-2-28-19-10-8-18(9-11-19)25-21(26)16-20(22(25)27)24-14-12-23(13-15-24)17-6-4-3-5-7-17/h3-11,20H,2,12-16H2,1H3/t20-/m1/s1. The van der Waals surface area contributed by atoms with Crippen molar-refractivity contribution in [1.29, 1.82) is 0 Å². The summed E-state index contributed by atoms with van der Waals surface area (Å²) in [5, 5.41) is 0. The summed E-state index contributed by atoms with van der Waals surface area (Å²) >= 11 is 0. The fraction of sp³-hybridized carbons (Fsp3) is 0.364. The van der Waals surface area contributed by atoms with Crippen LogP contribution in [0.5, 0.6) is 5.75 Å². The summed E-state index contributed by atoms with van der Waals surface area (Å²) in [6.45, 7) is 5.75. The van der Waals surface area contributed by atoms with Crippen molar-refractivity contribution < 1.29 is 14.3 Å². The first kappa shape index (κ1) is 18.5.